The summed E-state index contributed by atoms with van der Waals surface area (Å²) < 4.78 is 0. The summed E-state index contributed by atoms with van der Waals surface area (Å²) in [6.45, 7) is 2.91. The highest BCUT2D eigenvalue weighted by Crippen LogP contribution is 1.90. The summed E-state index contributed by atoms with van der Waals surface area (Å²) in [6.07, 6.45) is 2.59. The number of hydrogen-bond acceptors (Lipinski definition) is 3. The van der Waals surface area contributed by atoms with Crippen LogP contribution in [0, 0.1) is 0 Å². The fraction of sp³-hybridized carbons (Fsp3) is 0.600. The molecule has 0 saturated carbocycles. The molecule has 4 heteroatoms. The molecule has 50 valence electrons. The van der Waals surface area contributed by atoms with Crippen LogP contribution in [-0.4, -0.2) is 15.0 Å². The molecule has 0 aliphatic rings. The van der Waals surface area contributed by atoms with Crippen LogP contribution >= 0.6 is 0 Å². The summed E-state index contributed by atoms with van der Waals surface area (Å²) in [5.74, 6) is 0.489. The minimum Gasteiger partial charge on any atom is -0.381 e. The molecular weight excluding hydrogens is 116 g/mol. The van der Waals surface area contributed by atoms with Crippen molar-refractivity contribution in [3.05, 3.63) is 6.20 Å². The Hall–Kier alpha value is -1.06. The van der Waals surface area contributed by atoms with Gasteiger partial charge in [0, 0.05) is 0 Å². The van der Waals surface area contributed by atoms with Crippen molar-refractivity contribution in [3.8, 4) is 0 Å². The summed E-state index contributed by atoms with van der Waals surface area (Å²) in [7, 11) is 0. The second-order valence-corrected chi connectivity index (χ2v) is 1.87. The summed E-state index contributed by atoms with van der Waals surface area (Å²) in [6, 6.07) is 0. The van der Waals surface area contributed by atoms with E-state index in [4.69, 9.17) is 5.73 Å². The molecule has 0 atom stereocenters. The number of anilines is 1. The van der Waals surface area contributed by atoms with Gasteiger partial charge in [-0.1, -0.05) is 6.92 Å². The molecule has 1 rings (SSSR count). The number of rotatable bonds is 2. The van der Waals surface area contributed by atoms with Gasteiger partial charge in [-0.25, -0.2) is 0 Å². The fourth-order valence-electron chi connectivity index (χ4n) is 0.618. The van der Waals surface area contributed by atoms with Crippen LogP contribution in [0.25, 0.3) is 0 Å². The van der Waals surface area contributed by atoms with E-state index < -0.39 is 0 Å². The molecule has 0 amide bonds. The van der Waals surface area contributed by atoms with Gasteiger partial charge in [-0.05, 0) is 6.42 Å². The molecule has 9 heavy (non-hydrogen) atoms. The third-order valence-corrected chi connectivity index (χ3v) is 0.978. The molecule has 1 aromatic heterocycles. The molecule has 0 aliphatic heterocycles. The van der Waals surface area contributed by atoms with E-state index in [0.29, 0.717) is 5.82 Å². The summed E-state index contributed by atoms with van der Waals surface area (Å²) in [5, 5.41) is 7.77. The van der Waals surface area contributed by atoms with Gasteiger partial charge < -0.3 is 5.73 Å². The van der Waals surface area contributed by atoms with Gasteiger partial charge in [0.2, 0.25) is 0 Å². The molecule has 0 spiro atoms. The van der Waals surface area contributed by atoms with Crippen molar-refractivity contribution < 1.29 is 0 Å². The van der Waals surface area contributed by atoms with Crippen molar-refractivity contribution in [2.45, 2.75) is 19.9 Å². The van der Waals surface area contributed by atoms with E-state index in [2.05, 4.69) is 17.1 Å². The Morgan fingerprint density at radius 1 is 1.78 bits per heavy atom. The molecule has 1 heterocycles. The zero-order valence-corrected chi connectivity index (χ0v) is 5.41. The van der Waals surface area contributed by atoms with E-state index >= 15 is 0 Å². The Bertz CT molecular complexity index is 181. The maximum Gasteiger partial charge on any atom is 0.165 e. The van der Waals surface area contributed by atoms with E-state index in [1.165, 1.54) is 0 Å². The SMILES string of the molecule is CCCn1ncc(N)n1. The number of nitrogens with zero attached hydrogens (tertiary/aromatic N) is 3. The van der Waals surface area contributed by atoms with Gasteiger partial charge in [0.1, 0.15) is 0 Å². The van der Waals surface area contributed by atoms with Crippen LogP contribution in [0.1, 0.15) is 13.3 Å². The van der Waals surface area contributed by atoms with Crippen molar-refractivity contribution in [1.29, 1.82) is 0 Å². The van der Waals surface area contributed by atoms with Gasteiger partial charge in [0.15, 0.2) is 5.82 Å². The highest BCUT2D eigenvalue weighted by atomic mass is 15.5. The third kappa shape index (κ3) is 1.42. The predicted octanol–water partition coefficient (Wildman–Crippen LogP) is 0.270. The van der Waals surface area contributed by atoms with Crippen LogP contribution in [0.3, 0.4) is 0 Å². The molecule has 2 N–H and O–H groups in total. The molecule has 0 unspecified atom stereocenters. The molecular formula is C5H10N4. The molecule has 0 saturated heterocycles. The molecule has 0 fully saturated rings. The first-order valence-electron chi connectivity index (χ1n) is 2.98. The number of hydrogen-bond donors (Lipinski definition) is 1. The van der Waals surface area contributed by atoms with Crippen LogP contribution in [0.2, 0.25) is 0 Å². The lowest BCUT2D eigenvalue weighted by atomic mass is 10.5. The predicted molar refractivity (Wildman–Crippen MR) is 34.7 cm³/mol. The average molecular weight is 126 g/mol. The zero-order valence-electron chi connectivity index (χ0n) is 5.41. The first kappa shape index (κ1) is 6.07. The van der Waals surface area contributed by atoms with Gasteiger partial charge in [-0.15, -0.1) is 5.10 Å². The smallest absolute Gasteiger partial charge is 0.165 e. The molecule has 4 nitrogen and oxygen atoms in total. The Labute approximate surface area is 53.7 Å². The Morgan fingerprint density at radius 2 is 2.56 bits per heavy atom. The van der Waals surface area contributed by atoms with Gasteiger partial charge in [0.25, 0.3) is 0 Å². The quantitative estimate of drug-likeness (QED) is 0.618. The van der Waals surface area contributed by atoms with Crippen molar-refractivity contribution in [1.82, 2.24) is 15.0 Å². The first-order chi connectivity index (χ1) is 4.33. The summed E-state index contributed by atoms with van der Waals surface area (Å²) >= 11 is 0. The van der Waals surface area contributed by atoms with Crippen molar-refractivity contribution >= 4 is 5.82 Å². The summed E-state index contributed by atoms with van der Waals surface area (Å²) in [4.78, 5) is 1.59. The molecule has 1 aromatic rings. The number of nitrogens with two attached hydrogens (primary N) is 1. The van der Waals surface area contributed by atoms with E-state index in [1.807, 2.05) is 0 Å². The fourth-order valence-corrected chi connectivity index (χ4v) is 0.618. The van der Waals surface area contributed by atoms with E-state index in [9.17, 15) is 0 Å². The monoisotopic (exact) mass is 126 g/mol. The Balaban J connectivity index is 2.61. The van der Waals surface area contributed by atoms with Crippen molar-refractivity contribution in [3.63, 3.8) is 0 Å². The van der Waals surface area contributed by atoms with Gasteiger partial charge in [0.05, 0.1) is 12.7 Å². The highest BCUT2D eigenvalue weighted by molar-refractivity contribution is 5.19. The topological polar surface area (TPSA) is 56.7 Å². The normalized spacial score (nSPS) is 9.89. The highest BCUT2D eigenvalue weighted by Gasteiger charge is 1.91. The summed E-state index contributed by atoms with van der Waals surface area (Å²) in [5.41, 5.74) is 5.31. The van der Waals surface area contributed by atoms with E-state index in [1.54, 1.807) is 11.0 Å². The Kier molecular flexibility index (Phi) is 1.67. The van der Waals surface area contributed by atoms with Crippen LogP contribution in [0.15, 0.2) is 6.20 Å². The maximum absolute atomic E-state index is 5.31. The molecule has 0 aliphatic carbocycles. The lowest BCUT2D eigenvalue weighted by Gasteiger charge is -1.91. The second-order valence-electron chi connectivity index (χ2n) is 1.87. The van der Waals surface area contributed by atoms with Crippen LogP contribution < -0.4 is 5.73 Å². The zero-order chi connectivity index (χ0) is 6.69. The van der Waals surface area contributed by atoms with E-state index in [-0.39, 0.29) is 0 Å². The lowest BCUT2D eigenvalue weighted by Crippen LogP contribution is -2.01. The van der Waals surface area contributed by atoms with Crippen LogP contribution in [0.5, 0.6) is 0 Å². The minimum absolute atomic E-state index is 0.489. The molecule has 0 bridgehead atoms. The largest absolute Gasteiger partial charge is 0.381 e. The van der Waals surface area contributed by atoms with E-state index in [0.717, 1.165) is 13.0 Å². The minimum atomic E-state index is 0.489. The van der Waals surface area contributed by atoms with Crippen molar-refractivity contribution in [2.24, 2.45) is 0 Å². The maximum atomic E-state index is 5.31. The number of aryl methyl sites for hydroxylation is 1. The second kappa shape index (κ2) is 2.48. The lowest BCUT2D eigenvalue weighted by molar-refractivity contribution is 0.530. The Morgan fingerprint density at radius 3 is 3.00 bits per heavy atom. The third-order valence-electron chi connectivity index (χ3n) is 0.978. The first-order valence-corrected chi connectivity index (χ1v) is 2.98. The van der Waals surface area contributed by atoms with Gasteiger partial charge in [-0.2, -0.15) is 9.90 Å². The average Bonchev–Trinajstić information content (AvgIpc) is 2.17. The number of nitrogen functional groups attached to an aromatic ring is 1. The van der Waals surface area contributed by atoms with Crippen LogP contribution in [0.4, 0.5) is 5.82 Å². The standard InChI is InChI=1S/C5H10N4/c1-2-3-9-7-4-5(6)8-9/h4H,2-3H2,1H3,(H2,6,8). The number of aromatic nitrogens is 3. The van der Waals surface area contributed by atoms with Crippen molar-refractivity contribution in [2.75, 3.05) is 5.73 Å². The van der Waals surface area contributed by atoms with Gasteiger partial charge >= 0.3 is 0 Å². The molecule has 0 aromatic carbocycles. The van der Waals surface area contributed by atoms with Gasteiger partial charge in [-0.3, -0.25) is 0 Å². The van der Waals surface area contributed by atoms with Crippen LogP contribution in [-0.2, 0) is 6.54 Å². The molecule has 0 radical (unpaired) electrons.